The fourth-order valence-electron chi connectivity index (χ4n) is 2.04. The Morgan fingerprint density at radius 1 is 0.895 bits per heavy atom. The largest absolute Gasteiger partial charge is 0.207 e. The van der Waals surface area contributed by atoms with Crippen LogP contribution in [0.2, 0.25) is 0 Å². The molecule has 0 fully saturated rings. The third-order valence-electron chi connectivity index (χ3n) is 2.91. The average Bonchev–Trinajstić information content (AvgIpc) is 2.34. The molecular weight excluding hydrogens is 273 g/mol. The minimum absolute atomic E-state index is 0.182. The van der Waals surface area contributed by atoms with Gasteiger partial charge in [-0.25, -0.2) is 13.2 Å². The summed E-state index contributed by atoms with van der Waals surface area (Å²) in [4.78, 5) is 0. The lowest BCUT2D eigenvalue weighted by Crippen LogP contribution is -2.05. The van der Waals surface area contributed by atoms with Gasteiger partial charge in [0.05, 0.1) is 0 Å². The normalized spacial score (nSPS) is 12.4. The highest BCUT2D eigenvalue weighted by molar-refractivity contribution is 6.18. The lowest BCUT2D eigenvalue weighted by atomic mass is 9.93. The Morgan fingerprint density at radius 3 is 2.16 bits per heavy atom. The van der Waals surface area contributed by atoms with E-state index in [2.05, 4.69) is 0 Å². The monoisotopic (exact) mass is 284 g/mol. The standard InChI is InChI=1S/C15H12ClF3/c16-9-12(11-2-1-3-13(17)7-11)4-10-5-14(18)8-15(19)6-10/h1-3,5-8,12H,4,9H2. The Bertz CT molecular complexity index is 549. The summed E-state index contributed by atoms with van der Waals surface area (Å²) in [6, 6.07) is 9.44. The van der Waals surface area contributed by atoms with Gasteiger partial charge in [-0.1, -0.05) is 12.1 Å². The molecule has 4 heteroatoms. The zero-order valence-electron chi connectivity index (χ0n) is 10.0. The average molecular weight is 285 g/mol. The van der Waals surface area contributed by atoms with Gasteiger partial charge in [-0.3, -0.25) is 0 Å². The lowest BCUT2D eigenvalue weighted by Gasteiger charge is -2.14. The first-order valence-corrected chi connectivity index (χ1v) is 6.38. The highest BCUT2D eigenvalue weighted by Gasteiger charge is 2.13. The number of alkyl halides is 1. The van der Waals surface area contributed by atoms with Crippen LogP contribution in [0.25, 0.3) is 0 Å². The van der Waals surface area contributed by atoms with Crippen LogP contribution in [0.5, 0.6) is 0 Å². The van der Waals surface area contributed by atoms with Gasteiger partial charge in [0.15, 0.2) is 0 Å². The summed E-state index contributed by atoms with van der Waals surface area (Å²) in [6.45, 7) is 0. The van der Waals surface area contributed by atoms with Crippen LogP contribution >= 0.6 is 11.6 Å². The maximum absolute atomic E-state index is 13.2. The Balaban J connectivity index is 2.23. The number of rotatable bonds is 4. The number of hydrogen-bond donors (Lipinski definition) is 0. The molecule has 0 aromatic heterocycles. The predicted octanol–water partition coefficient (Wildman–Crippen LogP) is 4.67. The van der Waals surface area contributed by atoms with Crippen molar-refractivity contribution in [1.82, 2.24) is 0 Å². The minimum Gasteiger partial charge on any atom is -0.207 e. The van der Waals surface area contributed by atoms with Gasteiger partial charge < -0.3 is 0 Å². The Morgan fingerprint density at radius 2 is 1.58 bits per heavy atom. The first-order chi connectivity index (χ1) is 9.08. The Hall–Kier alpha value is -1.48. The Labute approximate surface area is 114 Å². The molecule has 0 aliphatic rings. The molecule has 0 aliphatic carbocycles. The second-order valence-corrected chi connectivity index (χ2v) is 4.70. The van der Waals surface area contributed by atoms with E-state index in [0.29, 0.717) is 12.0 Å². The van der Waals surface area contributed by atoms with E-state index in [1.54, 1.807) is 12.1 Å². The fraction of sp³-hybridized carbons (Fsp3) is 0.200. The SMILES string of the molecule is Fc1cc(F)cc(CC(CCl)c2cccc(F)c2)c1. The van der Waals surface area contributed by atoms with E-state index in [0.717, 1.165) is 11.6 Å². The molecule has 2 aromatic rings. The molecule has 0 amide bonds. The van der Waals surface area contributed by atoms with Crippen LogP contribution < -0.4 is 0 Å². The molecule has 0 saturated heterocycles. The molecule has 2 rings (SSSR count). The van der Waals surface area contributed by atoms with Crippen LogP contribution in [0.15, 0.2) is 42.5 Å². The topological polar surface area (TPSA) is 0 Å². The smallest absolute Gasteiger partial charge is 0.126 e. The molecule has 100 valence electrons. The number of halogens is 4. The molecular formula is C15H12ClF3. The molecule has 2 aromatic carbocycles. The number of hydrogen-bond acceptors (Lipinski definition) is 0. The van der Waals surface area contributed by atoms with Crippen LogP contribution in [0.1, 0.15) is 17.0 Å². The van der Waals surface area contributed by atoms with Gasteiger partial charge >= 0.3 is 0 Å². The van der Waals surface area contributed by atoms with Crippen LogP contribution in [-0.4, -0.2) is 5.88 Å². The van der Waals surface area contributed by atoms with E-state index >= 15 is 0 Å². The zero-order chi connectivity index (χ0) is 13.8. The second-order valence-electron chi connectivity index (χ2n) is 4.39. The van der Waals surface area contributed by atoms with E-state index in [9.17, 15) is 13.2 Å². The lowest BCUT2D eigenvalue weighted by molar-refractivity contribution is 0.577. The fourth-order valence-corrected chi connectivity index (χ4v) is 2.32. The summed E-state index contributed by atoms with van der Waals surface area (Å²) < 4.78 is 39.4. The van der Waals surface area contributed by atoms with Crippen molar-refractivity contribution in [3.63, 3.8) is 0 Å². The third-order valence-corrected chi connectivity index (χ3v) is 3.28. The molecule has 0 nitrogen and oxygen atoms in total. The van der Waals surface area contributed by atoms with Crippen molar-refractivity contribution in [2.45, 2.75) is 12.3 Å². The van der Waals surface area contributed by atoms with Crippen LogP contribution in [0.4, 0.5) is 13.2 Å². The van der Waals surface area contributed by atoms with E-state index in [1.807, 2.05) is 0 Å². The maximum Gasteiger partial charge on any atom is 0.126 e. The molecule has 1 atom stereocenters. The predicted molar refractivity (Wildman–Crippen MR) is 69.9 cm³/mol. The van der Waals surface area contributed by atoms with Gasteiger partial charge in [-0.15, -0.1) is 11.6 Å². The summed E-state index contributed by atoms with van der Waals surface area (Å²) in [7, 11) is 0. The Kier molecular flexibility index (Phi) is 4.48. The summed E-state index contributed by atoms with van der Waals surface area (Å²) in [6.07, 6.45) is 0.363. The van der Waals surface area contributed by atoms with Crippen molar-refractivity contribution in [2.24, 2.45) is 0 Å². The summed E-state index contributed by atoms with van der Waals surface area (Å²) >= 11 is 5.87. The summed E-state index contributed by atoms with van der Waals surface area (Å²) in [5.41, 5.74) is 1.23. The van der Waals surface area contributed by atoms with Crippen molar-refractivity contribution in [1.29, 1.82) is 0 Å². The third kappa shape index (κ3) is 3.74. The van der Waals surface area contributed by atoms with Crippen molar-refractivity contribution in [3.05, 3.63) is 71.0 Å². The van der Waals surface area contributed by atoms with E-state index in [1.165, 1.54) is 24.3 Å². The van der Waals surface area contributed by atoms with E-state index in [-0.39, 0.29) is 17.6 Å². The highest BCUT2D eigenvalue weighted by Crippen LogP contribution is 2.24. The first kappa shape index (κ1) is 13.9. The number of benzene rings is 2. The molecule has 0 N–H and O–H groups in total. The quantitative estimate of drug-likeness (QED) is 0.716. The molecule has 0 aliphatic heterocycles. The van der Waals surface area contributed by atoms with Crippen molar-refractivity contribution < 1.29 is 13.2 Å². The van der Waals surface area contributed by atoms with Crippen LogP contribution in [-0.2, 0) is 6.42 Å². The van der Waals surface area contributed by atoms with Gasteiger partial charge in [0, 0.05) is 17.9 Å². The summed E-state index contributed by atoms with van der Waals surface area (Å²) in [5, 5.41) is 0. The van der Waals surface area contributed by atoms with Gasteiger partial charge in [-0.2, -0.15) is 0 Å². The second kappa shape index (κ2) is 6.11. The van der Waals surface area contributed by atoms with Crippen LogP contribution in [0, 0.1) is 17.5 Å². The van der Waals surface area contributed by atoms with E-state index in [4.69, 9.17) is 11.6 Å². The van der Waals surface area contributed by atoms with Gasteiger partial charge in [-0.05, 0) is 41.8 Å². The van der Waals surface area contributed by atoms with Gasteiger partial charge in [0.1, 0.15) is 17.5 Å². The molecule has 19 heavy (non-hydrogen) atoms. The zero-order valence-corrected chi connectivity index (χ0v) is 10.8. The van der Waals surface area contributed by atoms with E-state index < -0.39 is 11.6 Å². The van der Waals surface area contributed by atoms with Crippen molar-refractivity contribution in [2.75, 3.05) is 5.88 Å². The van der Waals surface area contributed by atoms with Gasteiger partial charge in [0.25, 0.3) is 0 Å². The summed E-state index contributed by atoms with van der Waals surface area (Å²) in [5.74, 6) is -1.52. The maximum atomic E-state index is 13.2. The molecule has 0 heterocycles. The first-order valence-electron chi connectivity index (χ1n) is 5.85. The van der Waals surface area contributed by atoms with Gasteiger partial charge in [0.2, 0.25) is 0 Å². The van der Waals surface area contributed by atoms with Crippen molar-refractivity contribution >= 4 is 11.6 Å². The highest BCUT2D eigenvalue weighted by atomic mass is 35.5. The molecule has 0 saturated carbocycles. The molecule has 0 spiro atoms. The molecule has 0 bridgehead atoms. The molecule has 0 radical (unpaired) electrons. The van der Waals surface area contributed by atoms with Crippen LogP contribution in [0.3, 0.4) is 0 Å². The minimum atomic E-state index is -0.623. The van der Waals surface area contributed by atoms with Crippen molar-refractivity contribution in [3.8, 4) is 0 Å². The molecule has 1 unspecified atom stereocenters.